The highest BCUT2D eigenvalue weighted by molar-refractivity contribution is 7.93. The average molecular weight is 547 g/mol. The van der Waals surface area contributed by atoms with E-state index in [4.69, 9.17) is 4.42 Å². The van der Waals surface area contributed by atoms with Gasteiger partial charge in [-0.3, -0.25) is 4.90 Å². The summed E-state index contributed by atoms with van der Waals surface area (Å²) in [6.45, 7) is 4.23. The van der Waals surface area contributed by atoms with Gasteiger partial charge in [0.2, 0.25) is 5.89 Å². The first-order chi connectivity index (χ1) is 18.4. The van der Waals surface area contributed by atoms with Gasteiger partial charge in [-0.1, -0.05) is 24.3 Å². The number of alkyl halides is 3. The molecule has 1 aliphatic carbocycles. The lowest BCUT2D eigenvalue weighted by Crippen LogP contribution is -2.49. The third kappa shape index (κ3) is 6.35. The van der Waals surface area contributed by atoms with Gasteiger partial charge in [-0.2, -0.15) is 13.1 Å². The van der Waals surface area contributed by atoms with Crippen LogP contribution >= 0.6 is 0 Å². The largest absolute Gasteiger partial charge is 0.593 e. The molecule has 1 aliphatic heterocycles. The van der Waals surface area contributed by atoms with E-state index in [1.54, 1.807) is 12.1 Å². The van der Waals surface area contributed by atoms with E-state index >= 15 is 0 Å². The average Bonchev–Trinajstić information content (AvgIpc) is 3.43. The molecule has 0 N–H and O–H groups in total. The number of piperidine rings is 1. The maximum atomic E-state index is 14.0. The lowest BCUT2D eigenvalue weighted by atomic mass is 9.91. The van der Waals surface area contributed by atoms with Gasteiger partial charge in [-0.15, -0.1) is 10.2 Å². The number of aryl methyl sites for hydroxylation is 1. The van der Waals surface area contributed by atoms with Gasteiger partial charge in [0.25, 0.3) is 5.89 Å². The van der Waals surface area contributed by atoms with Crippen molar-refractivity contribution in [3.05, 3.63) is 65.5 Å². The van der Waals surface area contributed by atoms with Gasteiger partial charge in [0.1, 0.15) is 11.4 Å². The Morgan fingerprint density at radius 3 is 2.37 bits per heavy atom. The highest BCUT2D eigenvalue weighted by Gasteiger charge is 2.36. The highest BCUT2D eigenvalue weighted by atomic mass is 32.2. The Kier molecular flexibility index (Phi) is 8.60. The lowest BCUT2D eigenvalue weighted by Gasteiger charge is -2.41. The molecule has 1 saturated carbocycles. The van der Waals surface area contributed by atoms with Crippen LogP contribution in [0.15, 0.2) is 52.9 Å². The molecule has 5 rings (SSSR count). The first-order valence-electron chi connectivity index (χ1n) is 13.2. The third-order valence-corrected chi connectivity index (χ3v) is 9.38. The zero-order valence-corrected chi connectivity index (χ0v) is 22.3. The minimum absolute atomic E-state index is 0.0368. The number of hydrogen-bond acceptors (Lipinski definition) is 6. The number of aromatic nitrogens is 2. The van der Waals surface area contributed by atoms with Crippen molar-refractivity contribution in [2.24, 2.45) is 0 Å². The van der Waals surface area contributed by atoms with Crippen molar-refractivity contribution in [1.82, 2.24) is 15.1 Å². The van der Waals surface area contributed by atoms with E-state index in [2.05, 4.69) is 15.1 Å². The summed E-state index contributed by atoms with van der Waals surface area (Å²) in [6.07, 6.45) is 1.33. The first-order valence-corrected chi connectivity index (χ1v) is 14.4. The van der Waals surface area contributed by atoms with Gasteiger partial charge in [-0.25, -0.2) is 4.39 Å². The van der Waals surface area contributed by atoms with Crippen LogP contribution in [0.3, 0.4) is 0 Å². The van der Waals surface area contributed by atoms with Gasteiger partial charge >= 0.3 is 6.43 Å². The number of likely N-dealkylation sites (tertiary alicyclic amines) is 1. The summed E-state index contributed by atoms with van der Waals surface area (Å²) in [7, 11) is 0. The highest BCUT2D eigenvalue weighted by Crippen LogP contribution is 2.32. The normalized spacial score (nSPS) is 22.1. The van der Waals surface area contributed by atoms with Gasteiger partial charge in [0.05, 0.1) is 23.6 Å². The van der Waals surface area contributed by atoms with E-state index in [0.717, 1.165) is 55.6 Å². The molecule has 38 heavy (non-hydrogen) atoms. The van der Waals surface area contributed by atoms with Gasteiger partial charge in [0, 0.05) is 37.5 Å². The summed E-state index contributed by atoms with van der Waals surface area (Å²) in [5.74, 6) is -0.663. The van der Waals surface area contributed by atoms with Crippen LogP contribution in [0.5, 0.6) is 0 Å². The van der Waals surface area contributed by atoms with E-state index in [0.29, 0.717) is 31.0 Å². The monoisotopic (exact) mass is 546 g/mol. The van der Waals surface area contributed by atoms with Gasteiger partial charge < -0.3 is 8.97 Å². The van der Waals surface area contributed by atoms with Gasteiger partial charge in [-0.05, 0) is 68.0 Å². The molecule has 1 atom stereocenters. The summed E-state index contributed by atoms with van der Waals surface area (Å²) in [5.41, 5.74) is 3.46. The summed E-state index contributed by atoms with van der Waals surface area (Å²) in [4.78, 5) is 2.46. The molecular formula is C28H33F3N4O2S. The molecule has 10 heteroatoms. The fourth-order valence-corrected chi connectivity index (χ4v) is 6.99. The van der Waals surface area contributed by atoms with E-state index in [-0.39, 0.29) is 11.1 Å². The standard InChI is InChI=1S/C28H33F3N4O2S/c1-19-3-2-4-24(17-19)35(18-20-5-7-21(8-6-20)27-32-33-28(37-27)26(30)31)38(36)25-13-15-34(16-14-25)23-11-9-22(29)10-12-23/h2-8,17,22-23,25-26H,9-16,18H2,1H3/t22-,23-,38?. The molecular weight excluding hydrogens is 513 g/mol. The topological polar surface area (TPSA) is 68.5 Å². The second-order valence-electron chi connectivity index (χ2n) is 10.2. The quantitative estimate of drug-likeness (QED) is 0.305. The van der Waals surface area contributed by atoms with Crippen molar-refractivity contribution in [2.45, 2.75) is 75.9 Å². The summed E-state index contributed by atoms with van der Waals surface area (Å²) >= 11 is -1.25. The van der Waals surface area contributed by atoms with Crippen molar-refractivity contribution in [3.8, 4) is 11.5 Å². The second kappa shape index (κ2) is 12.1. The molecule has 3 aromatic rings. The van der Waals surface area contributed by atoms with E-state index in [9.17, 15) is 17.7 Å². The number of rotatable bonds is 8. The van der Waals surface area contributed by atoms with Crippen molar-refractivity contribution in [2.75, 3.05) is 17.4 Å². The molecule has 0 bridgehead atoms. The molecule has 0 amide bonds. The molecule has 6 nitrogen and oxygen atoms in total. The molecule has 1 saturated heterocycles. The predicted molar refractivity (Wildman–Crippen MR) is 142 cm³/mol. The van der Waals surface area contributed by atoms with Gasteiger partial charge in [0.15, 0.2) is 0 Å². The number of halogens is 3. The Hall–Kier alpha value is -2.56. The van der Waals surface area contributed by atoms with Crippen LogP contribution in [-0.2, 0) is 17.9 Å². The summed E-state index contributed by atoms with van der Waals surface area (Å²) in [6, 6.07) is 15.7. The zero-order chi connectivity index (χ0) is 26.6. The molecule has 204 valence electrons. The van der Waals surface area contributed by atoms with E-state index in [1.165, 1.54) is 0 Å². The zero-order valence-electron chi connectivity index (χ0n) is 21.4. The van der Waals surface area contributed by atoms with Crippen molar-refractivity contribution >= 4 is 17.0 Å². The minimum Gasteiger partial charge on any atom is -0.593 e. The second-order valence-corrected chi connectivity index (χ2v) is 11.9. The molecule has 1 aromatic heterocycles. The van der Waals surface area contributed by atoms with E-state index < -0.39 is 29.8 Å². The number of benzene rings is 2. The molecule has 2 fully saturated rings. The predicted octanol–water partition coefficient (Wildman–Crippen LogP) is 6.40. The van der Waals surface area contributed by atoms with Crippen LogP contribution in [-0.4, -0.2) is 50.2 Å². The van der Waals surface area contributed by atoms with Crippen LogP contribution in [0.25, 0.3) is 11.5 Å². The van der Waals surface area contributed by atoms with E-state index in [1.807, 2.05) is 47.6 Å². The van der Waals surface area contributed by atoms with Crippen molar-refractivity contribution < 1.29 is 22.1 Å². The van der Waals surface area contributed by atoms with Crippen LogP contribution < -0.4 is 4.31 Å². The maximum Gasteiger partial charge on any atom is 0.314 e. The molecule has 0 spiro atoms. The number of hydrogen-bond donors (Lipinski definition) is 0. The third-order valence-electron chi connectivity index (χ3n) is 7.57. The maximum absolute atomic E-state index is 14.0. The molecule has 2 heterocycles. The molecule has 1 unspecified atom stereocenters. The Balaban J connectivity index is 1.28. The fourth-order valence-electron chi connectivity index (χ4n) is 5.42. The Labute approximate surface area is 224 Å². The smallest absolute Gasteiger partial charge is 0.314 e. The Bertz CT molecular complexity index is 1180. The SMILES string of the molecule is Cc1cccc(N(Cc2ccc(-c3nnc(C(F)F)o3)cc2)[S+]([O-])C2CCN([C@H]3CC[C@H](F)CC3)CC2)c1. The molecule has 0 radical (unpaired) electrons. The van der Waals surface area contributed by atoms with Crippen molar-refractivity contribution in [3.63, 3.8) is 0 Å². The van der Waals surface area contributed by atoms with Crippen LogP contribution in [0.4, 0.5) is 18.9 Å². The minimum atomic E-state index is -2.81. The number of nitrogens with zero attached hydrogens (tertiary/aromatic N) is 4. The lowest BCUT2D eigenvalue weighted by molar-refractivity contribution is 0.103. The first kappa shape index (κ1) is 27.0. The molecule has 2 aliphatic rings. The Morgan fingerprint density at radius 2 is 1.74 bits per heavy atom. The van der Waals surface area contributed by atoms with Crippen LogP contribution in [0.2, 0.25) is 0 Å². The molecule has 2 aromatic carbocycles. The summed E-state index contributed by atoms with van der Waals surface area (Å²) in [5, 5.41) is 7.14. The van der Waals surface area contributed by atoms with Crippen LogP contribution in [0, 0.1) is 6.92 Å². The van der Waals surface area contributed by atoms with Crippen LogP contribution in [0.1, 0.15) is 62.0 Å². The summed E-state index contributed by atoms with van der Waals surface area (Å²) < 4.78 is 60.2. The van der Waals surface area contributed by atoms with Crippen molar-refractivity contribution in [1.29, 1.82) is 0 Å². The fraction of sp³-hybridized carbons (Fsp3) is 0.500. The number of anilines is 1. The Morgan fingerprint density at radius 1 is 1.03 bits per heavy atom.